The van der Waals surface area contributed by atoms with Gasteiger partial charge < -0.3 is 10.8 Å². The molecule has 8 heteroatoms. The SMILES string of the molecule is CC(O)C(C)(C)NS(=O)(=O)c1cc(Br)c(F)cc1N. The Bertz CT molecular complexity index is 588. The summed E-state index contributed by atoms with van der Waals surface area (Å²) in [4.78, 5) is -0.241. The number of hydrogen-bond acceptors (Lipinski definition) is 4. The molecule has 108 valence electrons. The van der Waals surface area contributed by atoms with E-state index < -0.39 is 27.5 Å². The monoisotopic (exact) mass is 354 g/mol. The molecule has 1 atom stereocenters. The minimum atomic E-state index is -3.96. The Hall–Kier alpha value is -0.700. The number of rotatable bonds is 4. The summed E-state index contributed by atoms with van der Waals surface area (Å²) in [6, 6.07) is 2.01. The number of sulfonamides is 1. The van der Waals surface area contributed by atoms with Crippen LogP contribution in [-0.2, 0) is 10.0 Å². The van der Waals surface area contributed by atoms with Gasteiger partial charge in [0.2, 0.25) is 10.0 Å². The maximum absolute atomic E-state index is 13.2. The van der Waals surface area contributed by atoms with E-state index in [2.05, 4.69) is 20.7 Å². The number of benzene rings is 1. The Morgan fingerprint density at radius 3 is 2.47 bits per heavy atom. The van der Waals surface area contributed by atoms with Gasteiger partial charge in [0.1, 0.15) is 10.7 Å². The van der Waals surface area contributed by atoms with Gasteiger partial charge in [-0.2, -0.15) is 0 Å². The number of aliphatic hydroxyl groups excluding tert-OH is 1. The molecule has 0 saturated carbocycles. The van der Waals surface area contributed by atoms with Crippen LogP contribution in [0.25, 0.3) is 0 Å². The molecule has 0 aromatic heterocycles. The summed E-state index contributed by atoms with van der Waals surface area (Å²) in [7, 11) is -3.96. The van der Waals surface area contributed by atoms with Crippen molar-refractivity contribution in [1.82, 2.24) is 4.72 Å². The highest BCUT2D eigenvalue weighted by molar-refractivity contribution is 9.10. The number of nitrogens with one attached hydrogen (secondary N) is 1. The molecule has 0 bridgehead atoms. The van der Waals surface area contributed by atoms with Crippen LogP contribution in [0.2, 0.25) is 0 Å². The van der Waals surface area contributed by atoms with Gasteiger partial charge in [-0.25, -0.2) is 17.5 Å². The van der Waals surface area contributed by atoms with Crippen molar-refractivity contribution in [2.45, 2.75) is 37.3 Å². The average molecular weight is 355 g/mol. The van der Waals surface area contributed by atoms with Crippen LogP contribution in [0.5, 0.6) is 0 Å². The molecule has 0 radical (unpaired) electrons. The zero-order chi connectivity index (χ0) is 15.0. The number of aliphatic hydroxyl groups is 1. The molecule has 1 aromatic rings. The van der Waals surface area contributed by atoms with Gasteiger partial charge in [-0.1, -0.05) is 0 Å². The molecule has 1 rings (SSSR count). The van der Waals surface area contributed by atoms with E-state index in [4.69, 9.17) is 5.73 Å². The quantitative estimate of drug-likeness (QED) is 0.716. The standard InChI is InChI=1S/C11H16BrFN2O3S/c1-6(16)11(2,3)15-19(17,18)10-4-7(12)8(13)5-9(10)14/h4-6,15-16H,14H2,1-3H3. The number of nitrogen functional groups attached to an aromatic ring is 1. The number of nitrogens with two attached hydrogens (primary N) is 1. The molecule has 5 nitrogen and oxygen atoms in total. The van der Waals surface area contributed by atoms with E-state index in [1.807, 2.05) is 0 Å². The largest absolute Gasteiger partial charge is 0.398 e. The third-order valence-electron chi connectivity index (χ3n) is 2.78. The van der Waals surface area contributed by atoms with E-state index in [9.17, 15) is 17.9 Å². The van der Waals surface area contributed by atoms with Gasteiger partial charge in [0.05, 0.1) is 21.8 Å². The minimum absolute atomic E-state index is 0.00284. The summed E-state index contributed by atoms with van der Waals surface area (Å²) in [6.07, 6.45) is -0.910. The third-order valence-corrected chi connectivity index (χ3v) is 5.12. The van der Waals surface area contributed by atoms with Crippen molar-refractivity contribution in [3.63, 3.8) is 0 Å². The van der Waals surface area contributed by atoms with Gasteiger partial charge in [-0.05, 0) is 48.8 Å². The van der Waals surface area contributed by atoms with Crippen LogP contribution < -0.4 is 10.5 Å². The van der Waals surface area contributed by atoms with Crippen LogP contribution in [0, 0.1) is 5.82 Å². The van der Waals surface area contributed by atoms with Gasteiger partial charge in [0, 0.05) is 0 Å². The molecule has 0 aliphatic heterocycles. The highest BCUT2D eigenvalue weighted by Crippen LogP contribution is 2.27. The second kappa shape index (κ2) is 5.35. The molecule has 0 saturated heterocycles. The second-order valence-electron chi connectivity index (χ2n) is 4.81. The molecule has 0 heterocycles. The molecule has 0 amide bonds. The lowest BCUT2D eigenvalue weighted by Gasteiger charge is -2.29. The summed E-state index contributed by atoms with van der Waals surface area (Å²) in [5, 5.41) is 9.53. The highest BCUT2D eigenvalue weighted by atomic mass is 79.9. The summed E-state index contributed by atoms with van der Waals surface area (Å²) in [5.74, 6) is -0.647. The Labute approximate surface area is 120 Å². The smallest absolute Gasteiger partial charge is 0.243 e. The van der Waals surface area contributed by atoms with E-state index in [0.717, 1.165) is 12.1 Å². The fourth-order valence-electron chi connectivity index (χ4n) is 1.26. The summed E-state index contributed by atoms with van der Waals surface area (Å²) in [5.41, 5.74) is 4.25. The van der Waals surface area contributed by atoms with Crippen molar-refractivity contribution in [1.29, 1.82) is 0 Å². The zero-order valence-electron chi connectivity index (χ0n) is 10.7. The zero-order valence-corrected chi connectivity index (χ0v) is 13.1. The summed E-state index contributed by atoms with van der Waals surface area (Å²) >= 11 is 2.91. The molecule has 0 spiro atoms. The second-order valence-corrected chi connectivity index (χ2v) is 7.31. The van der Waals surface area contributed by atoms with E-state index >= 15 is 0 Å². The van der Waals surface area contributed by atoms with Crippen molar-refractivity contribution in [3.05, 3.63) is 22.4 Å². The molecule has 0 aliphatic rings. The van der Waals surface area contributed by atoms with Crippen LogP contribution in [0.1, 0.15) is 20.8 Å². The molecular weight excluding hydrogens is 339 g/mol. The highest BCUT2D eigenvalue weighted by Gasteiger charge is 2.31. The molecular formula is C11H16BrFN2O3S. The van der Waals surface area contributed by atoms with Crippen LogP contribution in [-0.4, -0.2) is 25.2 Å². The van der Waals surface area contributed by atoms with E-state index in [1.165, 1.54) is 20.8 Å². The first kappa shape index (κ1) is 16.4. The third kappa shape index (κ3) is 3.65. The maximum atomic E-state index is 13.2. The maximum Gasteiger partial charge on any atom is 0.243 e. The number of hydrogen-bond donors (Lipinski definition) is 3. The van der Waals surface area contributed by atoms with E-state index in [1.54, 1.807) is 0 Å². The van der Waals surface area contributed by atoms with E-state index in [0.29, 0.717) is 0 Å². The first-order valence-electron chi connectivity index (χ1n) is 5.44. The first-order chi connectivity index (χ1) is 8.47. The van der Waals surface area contributed by atoms with Crippen LogP contribution in [0.15, 0.2) is 21.5 Å². The van der Waals surface area contributed by atoms with E-state index in [-0.39, 0.29) is 15.1 Å². The summed E-state index contributed by atoms with van der Waals surface area (Å²) in [6.45, 7) is 4.53. The van der Waals surface area contributed by atoms with Gasteiger partial charge in [0.25, 0.3) is 0 Å². The first-order valence-corrected chi connectivity index (χ1v) is 7.71. The Morgan fingerprint density at radius 1 is 1.47 bits per heavy atom. The van der Waals surface area contributed by atoms with Crippen LogP contribution >= 0.6 is 15.9 Å². The predicted molar refractivity (Wildman–Crippen MR) is 74.6 cm³/mol. The van der Waals surface area contributed by atoms with Crippen LogP contribution in [0.3, 0.4) is 0 Å². The number of halogens is 2. The van der Waals surface area contributed by atoms with Crippen molar-refractivity contribution in [3.8, 4) is 0 Å². The number of anilines is 1. The molecule has 1 aromatic carbocycles. The normalized spacial score (nSPS) is 14.4. The lowest BCUT2D eigenvalue weighted by Crippen LogP contribution is -2.50. The lowest BCUT2D eigenvalue weighted by atomic mass is 10.0. The molecule has 0 fully saturated rings. The Balaban J connectivity index is 3.26. The molecule has 0 aliphatic carbocycles. The Morgan fingerprint density at radius 2 is 2.00 bits per heavy atom. The van der Waals surface area contributed by atoms with Gasteiger partial charge >= 0.3 is 0 Å². The molecule has 4 N–H and O–H groups in total. The average Bonchev–Trinajstić information content (AvgIpc) is 2.21. The molecule has 1 unspecified atom stereocenters. The fraction of sp³-hybridized carbons (Fsp3) is 0.455. The fourth-order valence-corrected chi connectivity index (χ4v) is 3.37. The van der Waals surface area contributed by atoms with Crippen molar-refractivity contribution < 1.29 is 17.9 Å². The van der Waals surface area contributed by atoms with Crippen molar-refractivity contribution in [2.75, 3.05) is 5.73 Å². The minimum Gasteiger partial charge on any atom is -0.398 e. The van der Waals surface area contributed by atoms with Gasteiger partial charge in [-0.15, -0.1) is 0 Å². The summed E-state index contributed by atoms with van der Waals surface area (Å²) < 4.78 is 39.9. The van der Waals surface area contributed by atoms with Crippen molar-refractivity contribution >= 4 is 31.6 Å². The van der Waals surface area contributed by atoms with Crippen LogP contribution in [0.4, 0.5) is 10.1 Å². The van der Waals surface area contributed by atoms with Crippen molar-refractivity contribution in [2.24, 2.45) is 0 Å². The van der Waals surface area contributed by atoms with Gasteiger partial charge in [-0.3, -0.25) is 0 Å². The predicted octanol–water partition coefficient (Wildman–Crippen LogP) is 1.61. The topological polar surface area (TPSA) is 92.4 Å². The van der Waals surface area contributed by atoms with Gasteiger partial charge in [0.15, 0.2) is 0 Å². The lowest BCUT2D eigenvalue weighted by molar-refractivity contribution is 0.111. The Kier molecular flexibility index (Phi) is 4.61. The molecule has 19 heavy (non-hydrogen) atoms.